The highest BCUT2D eigenvalue weighted by Gasteiger charge is 2.26. The molecule has 0 bridgehead atoms. The topological polar surface area (TPSA) is 67.3 Å². The van der Waals surface area contributed by atoms with E-state index in [-0.39, 0.29) is 17.5 Å². The van der Waals surface area contributed by atoms with Gasteiger partial charge in [-0.1, -0.05) is 23.5 Å². The molecule has 9 heteroatoms. The van der Waals surface area contributed by atoms with E-state index in [4.69, 9.17) is 4.74 Å². The molecule has 2 aromatic carbocycles. The van der Waals surface area contributed by atoms with Gasteiger partial charge in [0, 0.05) is 37.2 Å². The van der Waals surface area contributed by atoms with Gasteiger partial charge >= 0.3 is 6.03 Å². The maximum absolute atomic E-state index is 14.0. The first-order valence-electron chi connectivity index (χ1n) is 10.5. The lowest BCUT2D eigenvalue weighted by Crippen LogP contribution is -2.44. The maximum atomic E-state index is 14.0. The third kappa shape index (κ3) is 5.21. The summed E-state index contributed by atoms with van der Waals surface area (Å²) in [7, 11) is 1.63. The number of piperidine rings is 1. The second-order valence-electron chi connectivity index (χ2n) is 7.66. The van der Waals surface area contributed by atoms with Gasteiger partial charge in [-0.2, -0.15) is 0 Å². The van der Waals surface area contributed by atoms with Gasteiger partial charge in [0.25, 0.3) is 0 Å². The van der Waals surface area contributed by atoms with Crippen molar-refractivity contribution >= 4 is 17.4 Å². The summed E-state index contributed by atoms with van der Waals surface area (Å²) >= 11 is 1.32. The van der Waals surface area contributed by atoms with Crippen molar-refractivity contribution in [1.82, 2.24) is 20.4 Å². The molecule has 4 rings (SSSR count). The highest BCUT2D eigenvalue weighted by molar-refractivity contribution is 7.14. The summed E-state index contributed by atoms with van der Waals surface area (Å²) in [6, 6.07) is 11.2. The molecule has 1 aromatic heterocycles. The normalized spacial score (nSPS) is 14.4. The minimum Gasteiger partial charge on any atom is -0.497 e. The molecule has 1 N–H and O–H groups in total. The van der Waals surface area contributed by atoms with Crippen molar-refractivity contribution in [1.29, 1.82) is 0 Å². The molecule has 0 aliphatic carbocycles. The smallest absolute Gasteiger partial charge is 0.317 e. The molecule has 1 aliphatic rings. The van der Waals surface area contributed by atoms with Crippen molar-refractivity contribution in [2.24, 2.45) is 0 Å². The van der Waals surface area contributed by atoms with Gasteiger partial charge in [0.05, 0.1) is 7.11 Å². The molecular formula is C23H24F2N4O2S. The molecule has 32 heavy (non-hydrogen) atoms. The van der Waals surface area contributed by atoms with Crippen LogP contribution in [0.1, 0.15) is 29.3 Å². The lowest BCUT2D eigenvalue weighted by Gasteiger charge is -2.31. The molecule has 6 nitrogen and oxygen atoms in total. The lowest BCUT2D eigenvalue weighted by molar-refractivity contribution is 0.181. The van der Waals surface area contributed by atoms with Crippen LogP contribution in [0.15, 0.2) is 42.5 Å². The first-order valence-corrected chi connectivity index (χ1v) is 11.3. The second kappa shape index (κ2) is 10.0. The standard InChI is InChI=1S/C23H24F2N4O2S/c1-31-18-5-2-15(3-6-18)8-11-26-23(30)29-12-9-16(10-13-29)21-27-28-22(32-21)19-7-4-17(24)14-20(19)25/h2-7,14,16H,8-13H2,1H3,(H,26,30). The molecule has 1 saturated heterocycles. The van der Waals surface area contributed by atoms with Crippen LogP contribution in [0.4, 0.5) is 13.6 Å². The fourth-order valence-corrected chi connectivity index (χ4v) is 4.76. The van der Waals surface area contributed by atoms with E-state index in [1.54, 1.807) is 7.11 Å². The summed E-state index contributed by atoms with van der Waals surface area (Å²) in [6.07, 6.45) is 2.29. The van der Waals surface area contributed by atoms with Crippen molar-refractivity contribution < 1.29 is 18.3 Å². The Morgan fingerprint density at radius 3 is 2.59 bits per heavy atom. The van der Waals surface area contributed by atoms with Crippen LogP contribution in [0.2, 0.25) is 0 Å². The number of carbonyl (C=O) groups is 1. The number of halogens is 2. The molecule has 2 heterocycles. The minimum absolute atomic E-state index is 0.0664. The average molecular weight is 459 g/mol. The molecule has 0 radical (unpaired) electrons. The number of nitrogens with zero attached hydrogens (tertiary/aromatic N) is 3. The fraction of sp³-hybridized carbons (Fsp3) is 0.348. The summed E-state index contributed by atoms with van der Waals surface area (Å²) in [5.41, 5.74) is 1.39. The van der Waals surface area contributed by atoms with Crippen LogP contribution >= 0.6 is 11.3 Å². The quantitative estimate of drug-likeness (QED) is 0.585. The van der Waals surface area contributed by atoms with E-state index in [0.29, 0.717) is 24.6 Å². The number of amides is 2. The number of benzene rings is 2. The number of hydrogen-bond acceptors (Lipinski definition) is 5. The zero-order valence-corrected chi connectivity index (χ0v) is 18.5. The molecule has 2 amide bonds. The molecule has 168 valence electrons. The predicted octanol–water partition coefficient (Wildman–Crippen LogP) is 4.62. The van der Waals surface area contributed by atoms with E-state index in [2.05, 4.69) is 15.5 Å². The van der Waals surface area contributed by atoms with E-state index in [1.807, 2.05) is 29.2 Å². The first-order chi connectivity index (χ1) is 15.5. The van der Waals surface area contributed by atoms with E-state index in [0.717, 1.165) is 41.6 Å². The molecule has 1 aliphatic heterocycles. The SMILES string of the molecule is COc1ccc(CCNC(=O)N2CCC(c3nnc(-c4ccc(F)cc4F)s3)CC2)cc1. The molecule has 0 unspecified atom stereocenters. The van der Waals surface area contributed by atoms with Gasteiger partial charge in [0.1, 0.15) is 22.4 Å². The van der Waals surface area contributed by atoms with Crippen LogP contribution in [0.3, 0.4) is 0 Å². The fourth-order valence-electron chi connectivity index (χ4n) is 3.72. The first kappa shape index (κ1) is 22.1. The number of aromatic nitrogens is 2. The number of hydrogen-bond donors (Lipinski definition) is 1. The van der Waals surface area contributed by atoms with E-state index < -0.39 is 11.6 Å². The van der Waals surface area contributed by atoms with E-state index in [9.17, 15) is 13.6 Å². The van der Waals surface area contributed by atoms with Gasteiger partial charge in [-0.25, -0.2) is 13.6 Å². The number of urea groups is 1. The summed E-state index contributed by atoms with van der Waals surface area (Å²) < 4.78 is 32.3. The predicted molar refractivity (Wildman–Crippen MR) is 119 cm³/mol. The van der Waals surface area contributed by atoms with Crippen LogP contribution in [0, 0.1) is 11.6 Å². The summed E-state index contributed by atoms with van der Waals surface area (Å²) in [5, 5.41) is 12.6. The second-order valence-corrected chi connectivity index (χ2v) is 8.67. The Hall–Kier alpha value is -3.07. The Balaban J connectivity index is 1.25. The van der Waals surface area contributed by atoms with Gasteiger partial charge < -0.3 is 15.0 Å². The van der Waals surface area contributed by atoms with Crippen LogP contribution in [0.5, 0.6) is 5.75 Å². The Morgan fingerprint density at radius 1 is 1.16 bits per heavy atom. The van der Waals surface area contributed by atoms with Gasteiger partial charge in [0.15, 0.2) is 5.01 Å². The Bertz CT molecular complexity index is 1070. The van der Waals surface area contributed by atoms with Crippen LogP contribution in [0.25, 0.3) is 10.6 Å². The summed E-state index contributed by atoms with van der Waals surface area (Å²) in [5.74, 6) is -0.279. The van der Waals surface area contributed by atoms with Crippen molar-refractivity contribution in [2.75, 3.05) is 26.7 Å². The van der Waals surface area contributed by atoms with Crippen molar-refractivity contribution in [3.05, 3.63) is 64.7 Å². The highest BCUT2D eigenvalue weighted by atomic mass is 32.1. The Morgan fingerprint density at radius 2 is 1.91 bits per heavy atom. The van der Waals surface area contributed by atoms with Gasteiger partial charge in [-0.3, -0.25) is 0 Å². The number of ether oxygens (including phenoxy) is 1. The van der Waals surface area contributed by atoms with Crippen molar-refractivity contribution in [3.63, 3.8) is 0 Å². The number of rotatable bonds is 6. The number of likely N-dealkylation sites (tertiary alicyclic amines) is 1. The molecule has 0 spiro atoms. The molecule has 3 aromatic rings. The highest BCUT2D eigenvalue weighted by Crippen LogP contribution is 2.34. The molecule has 0 saturated carbocycles. The lowest BCUT2D eigenvalue weighted by atomic mass is 9.98. The molecular weight excluding hydrogens is 434 g/mol. The summed E-state index contributed by atoms with van der Waals surface area (Å²) in [4.78, 5) is 14.3. The van der Waals surface area contributed by atoms with Crippen molar-refractivity contribution in [2.45, 2.75) is 25.2 Å². The maximum Gasteiger partial charge on any atom is 0.317 e. The van der Waals surface area contributed by atoms with Crippen LogP contribution in [-0.2, 0) is 6.42 Å². The molecule has 1 fully saturated rings. The largest absolute Gasteiger partial charge is 0.497 e. The zero-order valence-electron chi connectivity index (χ0n) is 17.7. The van der Waals surface area contributed by atoms with E-state index >= 15 is 0 Å². The van der Waals surface area contributed by atoms with Crippen LogP contribution < -0.4 is 10.1 Å². The third-order valence-corrected chi connectivity index (χ3v) is 6.70. The Labute approximate surface area is 189 Å². The average Bonchev–Trinajstić information content (AvgIpc) is 3.29. The molecule has 0 atom stereocenters. The van der Waals surface area contributed by atoms with E-state index in [1.165, 1.54) is 23.5 Å². The third-order valence-electron chi connectivity index (χ3n) is 5.58. The van der Waals surface area contributed by atoms with Gasteiger partial charge in [-0.15, -0.1) is 10.2 Å². The Kier molecular flexibility index (Phi) is 6.94. The monoisotopic (exact) mass is 458 g/mol. The van der Waals surface area contributed by atoms with Crippen molar-refractivity contribution in [3.8, 4) is 16.3 Å². The summed E-state index contributed by atoms with van der Waals surface area (Å²) in [6.45, 7) is 1.81. The van der Waals surface area contributed by atoms with Gasteiger partial charge in [0.2, 0.25) is 0 Å². The zero-order chi connectivity index (χ0) is 22.5. The number of carbonyl (C=O) groups excluding carboxylic acids is 1. The number of methoxy groups -OCH3 is 1. The van der Waals surface area contributed by atoms with Crippen LogP contribution in [-0.4, -0.2) is 47.9 Å². The minimum atomic E-state index is -0.645. The van der Waals surface area contributed by atoms with Gasteiger partial charge in [-0.05, 0) is 49.1 Å². The number of nitrogens with one attached hydrogen (secondary N) is 1.